The van der Waals surface area contributed by atoms with Gasteiger partial charge in [0.15, 0.2) is 0 Å². The molecule has 0 radical (unpaired) electrons. The Labute approximate surface area is 202 Å². The van der Waals surface area contributed by atoms with E-state index in [1.54, 1.807) is 0 Å². The Morgan fingerprint density at radius 3 is 2.58 bits per heavy atom. The van der Waals surface area contributed by atoms with Gasteiger partial charge in [0.2, 0.25) is 0 Å². The van der Waals surface area contributed by atoms with Gasteiger partial charge in [0.05, 0.1) is 23.3 Å². The second-order valence-electron chi connectivity index (χ2n) is 11.2. The summed E-state index contributed by atoms with van der Waals surface area (Å²) in [6.07, 6.45) is 8.55. The number of carbonyl (C=O) groups excluding carboxylic acids is 1. The molecule has 4 nitrogen and oxygen atoms in total. The molecule has 2 aromatic rings. The molecule has 176 valence electrons. The first kappa shape index (κ1) is 22.8. The van der Waals surface area contributed by atoms with E-state index < -0.39 is 5.60 Å². The Morgan fingerprint density at radius 2 is 1.91 bits per heavy atom. The lowest BCUT2D eigenvalue weighted by atomic mass is 9.68. The number of esters is 1. The van der Waals surface area contributed by atoms with E-state index in [0.717, 1.165) is 43.3 Å². The van der Waals surface area contributed by atoms with Gasteiger partial charge in [-0.15, -0.1) is 11.8 Å². The number of hydrogen-bond donors (Lipinski definition) is 0. The number of rotatable bonds is 6. The third-order valence-corrected chi connectivity index (χ3v) is 8.69. The third kappa shape index (κ3) is 5.24. The van der Waals surface area contributed by atoms with Gasteiger partial charge >= 0.3 is 5.97 Å². The van der Waals surface area contributed by atoms with Crippen LogP contribution >= 0.6 is 11.8 Å². The average molecular weight is 465 g/mol. The summed E-state index contributed by atoms with van der Waals surface area (Å²) in [5.41, 5.74) is 3.69. The Kier molecular flexibility index (Phi) is 6.19. The number of anilines is 1. The summed E-state index contributed by atoms with van der Waals surface area (Å²) in [6.45, 7) is 7.87. The fourth-order valence-electron chi connectivity index (χ4n) is 5.61. The molecule has 1 aromatic heterocycles. The van der Waals surface area contributed by atoms with Crippen molar-refractivity contribution in [2.24, 2.45) is 11.3 Å². The number of hydrogen-bond acceptors (Lipinski definition) is 5. The molecule has 2 aliphatic carbocycles. The highest BCUT2D eigenvalue weighted by Crippen LogP contribution is 2.55. The predicted octanol–water partition coefficient (Wildman–Crippen LogP) is 6.24. The maximum absolute atomic E-state index is 12.8. The summed E-state index contributed by atoms with van der Waals surface area (Å²) < 4.78 is 5.73. The second-order valence-corrected chi connectivity index (χ2v) is 12.2. The summed E-state index contributed by atoms with van der Waals surface area (Å²) in [5, 5.41) is 1.14. The van der Waals surface area contributed by atoms with E-state index in [4.69, 9.17) is 9.72 Å². The minimum Gasteiger partial charge on any atom is -0.460 e. The number of carbonyl (C=O) groups is 1. The molecular weight excluding hydrogens is 428 g/mol. The Balaban J connectivity index is 1.27. The number of thioether (sulfide) groups is 1. The van der Waals surface area contributed by atoms with Crippen molar-refractivity contribution in [1.29, 1.82) is 0 Å². The number of fused-ring (bicyclic) bond motifs is 1. The predicted molar refractivity (Wildman–Crippen MR) is 135 cm³/mol. The molecule has 5 heteroatoms. The number of benzene rings is 1. The summed E-state index contributed by atoms with van der Waals surface area (Å²) in [5.74, 6) is 2.29. The molecule has 0 bridgehead atoms. The van der Waals surface area contributed by atoms with Gasteiger partial charge in [0, 0.05) is 24.8 Å². The summed E-state index contributed by atoms with van der Waals surface area (Å²) in [7, 11) is 0. The van der Waals surface area contributed by atoms with E-state index in [1.807, 2.05) is 32.5 Å². The van der Waals surface area contributed by atoms with Gasteiger partial charge in [-0.2, -0.15) is 0 Å². The van der Waals surface area contributed by atoms with Crippen LogP contribution in [0.5, 0.6) is 0 Å². The van der Waals surface area contributed by atoms with Gasteiger partial charge in [-0.25, -0.2) is 4.98 Å². The van der Waals surface area contributed by atoms with Gasteiger partial charge in [0.1, 0.15) is 5.60 Å². The zero-order valence-corrected chi connectivity index (χ0v) is 21.0. The summed E-state index contributed by atoms with van der Waals surface area (Å²) >= 11 is 1.89. The third-order valence-electron chi connectivity index (χ3n) is 7.51. The van der Waals surface area contributed by atoms with Crippen molar-refractivity contribution in [2.45, 2.75) is 75.8 Å². The zero-order valence-electron chi connectivity index (χ0n) is 20.2. The molecule has 3 aliphatic rings. The number of piperidine rings is 1. The lowest BCUT2D eigenvalue weighted by molar-refractivity contribution is -0.156. The molecular formula is C28H36N2O2S. The van der Waals surface area contributed by atoms with Crippen LogP contribution in [0.15, 0.2) is 47.6 Å². The van der Waals surface area contributed by atoms with Crippen molar-refractivity contribution < 1.29 is 9.53 Å². The molecule has 0 amide bonds. The molecule has 1 aliphatic heterocycles. The van der Waals surface area contributed by atoms with Crippen LogP contribution in [0, 0.1) is 11.3 Å². The second kappa shape index (κ2) is 8.98. The molecule has 1 saturated carbocycles. The SMILES string of the molecule is CC(C)(C)OC(=O)C[C@@H]1c2ccccc2CC12CCN(c1ccc(SCC3CC3)nc1)CC2. The zero-order chi connectivity index (χ0) is 23.1. The van der Waals surface area contributed by atoms with Gasteiger partial charge in [-0.05, 0) is 87.5 Å². The van der Waals surface area contributed by atoms with Crippen molar-refractivity contribution in [3.63, 3.8) is 0 Å². The van der Waals surface area contributed by atoms with Gasteiger partial charge in [-0.1, -0.05) is 24.3 Å². The molecule has 2 heterocycles. The largest absolute Gasteiger partial charge is 0.460 e. The Bertz CT molecular complexity index is 986. The number of aromatic nitrogens is 1. The van der Waals surface area contributed by atoms with E-state index in [1.165, 1.54) is 35.4 Å². The molecule has 0 unspecified atom stereocenters. The molecule has 1 atom stereocenters. The number of pyridine rings is 1. The first-order chi connectivity index (χ1) is 15.8. The maximum Gasteiger partial charge on any atom is 0.306 e. The average Bonchev–Trinajstić information content (AvgIpc) is 3.56. The monoisotopic (exact) mass is 464 g/mol. The van der Waals surface area contributed by atoms with Crippen molar-refractivity contribution in [3.8, 4) is 0 Å². The van der Waals surface area contributed by atoms with Gasteiger partial charge in [0.25, 0.3) is 0 Å². The fourth-order valence-corrected chi connectivity index (χ4v) is 6.64. The van der Waals surface area contributed by atoms with Crippen LogP contribution in [-0.4, -0.2) is 35.4 Å². The first-order valence-electron chi connectivity index (χ1n) is 12.4. The molecule has 2 fully saturated rings. The van der Waals surface area contributed by atoms with Crippen molar-refractivity contribution in [3.05, 3.63) is 53.7 Å². The van der Waals surface area contributed by atoms with E-state index in [-0.39, 0.29) is 17.3 Å². The topological polar surface area (TPSA) is 42.4 Å². The van der Waals surface area contributed by atoms with Gasteiger partial charge < -0.3 is 9.64 Å². The first-order valence-corrected chi connectivity index (χ1v) is 13.4. The van der Waals surface area contributed by atoms with Crippen molar-refractivity contribution in [2.75, 3.05) is 23.7 Å². The fraction of sp³-hybridized carbons (Fsp3) is 0.571. The Morgan fingerprint density at radius 1 is 1.15 bits per heavy atom. The van der Waals surface area contributed by atoms with Crippen molar-refractivity contribution in [1.82, 2.24) is 4.98 Å². The van der Waals surface area contributed by atoms with Crippen LogP contribution in [0.1, 0.15) is 69.9 Å². The van der Waals surface area contributed by atoms with Gasteiger partial charge in [-0.3, -0.25) is 4.79 Å². The molecule has 1 saturated heterocycles. The van der Waals surface area contributed by atoms with Crippen LogP contribution in [0.2, 0.25) is 0 Å². The highest BCUT2D eigenvalue weighted by atomic mass is 32.2. The quantitative estimate of drug-likeness (QED) is 0.374. The molecule has 5 rings (SSSR count). The standard InChI is InChI=1S/C28H36N2O2S/c1-27(2,3)32-26(31)16-24-23-7-5-4-6-21(23)17-28(24)12-14-30(15-13-28)22-10-11-25(29-18-22)33-19-20-8-9-20/h4-7,10-11,18,20,24H,8-9,12-17,19H2,1-3H3/t24-/m1/s1. The Hall–Kier alpha value is -2.01. The highest BCUT2D eigenvalue weighted by molar-refractivity contribution is 7.99. The number of nitrogens with zero attached hydrogens (tertiary/aromatic N) is 2. The lowest BCUT2D eigenvalue weighted by Gasteiger charge is -2.44. The normalized spacial score (nSPS) is 21.8. The molecule has 1 aromatic carbocycles. The molecule has 0 N–H and O–H groups in total. The summed E-state index contributed by atoms with van der Waals surface area (Å²) in [4.78, 5) is 20.0. The van der Waals surface area contributed by atoms with Crippen LogP contribution in [0.4, 0.5) is 5.69 Å². The minimum absolute atomic E-state index is 0.0745. The number of ether oxygens (including phenoxy) is 1. The highest BCUT2D eigenvalue weighted by Gasteiger charge is 2.48. The molecule has 33 heavy (non-hydrogen) atoms. The van der Waals surface area contributed by atoms with E-state index >= 15 is 0 Å². The van der Waals surface area contributed by atoms with E-state index in [9.17, 15) is 4.79 Å². The van der Waals surface area contributed by atoms with Crippen molar-refractivity contribution >= 4 is 23.4 Å². The van der Waals surface area contributed by atoms with Crippen LogP contribution in [0.3, 0.4) is 0 Å². The smallest absolute Gasteiger partial charge is 0.306 e. The maximum atomic E-state index is 12.8. The van der Waals surface area contributed by atoms with E-state index in [2.05, 4.69) is 47.5 Å². The lowest BCUT2D eigenvalue weighted by Crippen LogP contribution is -2.43. The minimum atomic E-state index is -0.443. The van der Waals surface area contributed by atoms with Crippen LogP contribution in [-0.2, 0) is 16.0 Å². The van der Waals surface area contributed by atoms with Crippen LogP contribution in [0.25, 0.3) is 0 Å². The summed E-state index contributed by atoms with van der Waals surface area (Å²) in [6, 6.07) is 13.1. The molecule has 1 spiro atoms. The van der Waals surface area contributed by atoms with Crippen LogP contribution < -0.4 is 4.90 Å². The van der Waals surface area contributed by atoms with E-state index in [0.29, 0.717) is 6.42 Å².